The van der Waals surface area contributed by atoms with Crippen LogP contribution in [-0.2, 0) is 20.3 Å². The maximum atomic E-state index is 6.64. The number of benzene rings is 1. The van der Waals surface area contributed by atoms with Gasteiger partial charge in [-0.1, -0.05) is 0 Å². The lowest BCUT2D eigenvalue weighted by atomic mass is 9.46. The van der Waals surface area contributed by atoms with Crippen LogP contribution in [0, 0.1) is 35.5 Å². The van der Waals surface area contributed by atoms with E-state index < -0.39 is 0 Å². The number of epoxide rings is 1. The minimum atomic E-state index is 0.273. The van der Waals surface area contributed by atoms with Gasteiger partial charge in [0.1, 0.15) is 30.8 Å². The van der Waals surface area contributed by atoms with Crippen LogP contribution in [0.3, 0.4) is 0 Å². The third-order valence-corrected chi connectivity index (χ3v) is 11.7. The molecule has 8 bridgehead atoms. The second kappa shape index (κ2) is 8.37. The molecule has 0 aromatic heterocycles. The van der Waals surface area contributed by atoms with Gasteiger partial charge in [0.2, 0.25) is 0 Å². The summed E-state index contributed by atoms with van der Waals surface area (Å²) in [5.74, 6) is 7.75. The summed E-state index contributed by atoms with van der Waals surface area (Å²) in [5, 5.41) is 0. The molecule has 10 rings (SSSR count). The molecule has 0 N–H and O–H groups in total. The molecule has 196 valence electrons. The molecule has 1 aromatic rings. The molecule has 8 aliphatic carbocycles. The first-order chi connectivity index (χ1) is 17.6. The van der Waals surface area contributed by atoms with E-state index in [1.165, 1.54) is 77.0 Å². The minimum absolute atomic E-state index is 0.273. The first-order valence-electron chi connectivity index (χ1n) is 15.1. The van der Waals surface area contributed by atoms with E-state index in [-0.39, 0.29) is 6.10 Å². The van der Waals surface area contributed by atoms with Crippen molar-refractivity contribution in [3.63, 3.8) is 0 Å². The van der Waals surface area contributed by atoms with Crippen molar-refractivity contribution >= 4 is 0 Å². The van der Waals surface area contributed by atoms with Crippen molar-refractivity contribution in [2.24, 2.45) is 35.5 Å². The number of hydrogen-bond donors (Lipinski definition) is 0. The largest absolute Gasteiger partial charge is 0.491 e. The van der Waals surface area contributed by atoms with Crippen LogP contribution >= 0.6 is 0 Å². The highest BCUT2D eigenvalue weighted by molar-refractivity contribution is 5.54. The standard InChI is InChI=1S/C32H44O4/c1-33-2-3-34-29-11-30(36-19-26-18-35-26)28(32-15-23-7-24(16-32)9-25(8-23)17-32)10-27(29)31-12-20-4-21(13-31)6-22(5-20)14-31/h10-11,20-26H,2-9,12-19H2,1H3. The summed E-state index contributed by atoms with van der Waals surface area (Å²) in [6, 6.07) is 5.01. The van der Waals surface area contributed by atoms with Gasteiger partial charge in [-0.3, -0.25) is 0 Å². The normalized spacial score (nSPS) is 45.3. The summed E-state index contributed by atoms with van der Waals surface area (Å²) in [4.78, 5) is 0. The highest BCUT2D eigenvalue weighted by Crippen LogP contribution is 2.65. The van der Waals surface area contributed by atoms with Crippen molar-refractivity contribution in [1.29, 1.82) is 0 Å². The van der Waals surface area contributed by atoms with E-state index in [0.29, 0.717) is 30.7 Å². The van der Waals surface area contributed by atoms with Crippen LogP contribution in [0.2, 0.25) is 0 Å². The average Bonchev–Trinajstić information content (AvgIpc) is 3.66. The fraction of sp³-hybridized carbons (Fsp3) is 0.812. The predicted octanol–water partition coefficient (Wildman–Crippen LogP) is 6.43. The number of hydrogen-bond acceptors (Lipinski definition) is 4. The van der Waals surface area contributed by atoms with Gasteiger partial charge in [0.25, 0.3) is 0 Å². The van der Waals surface area contributed by atoms with Gasteiger partial charge >= 0.3 is 0 Å². The summed E-state index contributed by atoms with van der Waals surface area (Å²) < 4.78 is 24.1. The van der Waals surface area contributed by atoms with Gasteiger partial charge < -0.3 is 18.9 Å². The van der Waals surface area contributed by atoms with Crippen LogP contribution < -0.4 is 9.47 Å². The first-order valence-corrected chi connectivity index (χ1v) is 15.1. The number of methoxy groups -OCH3 is 1. The van der Waals surface area contributed by atoms with Crippen LogP contribution in [0.25, 0.3) is 0 Å². The molecule has 9 fully saturated rings. The second-order valence-electron chi connectivity index (χ2n) is 14.3. The third kappa shape index (κ3) is 3.75. The molecular weight excluding hydrogens is 448 g/mol. The Morgan fingerprint density at radius 1 is 0.667 bits per heavy atom. The Labute approximate surface area is 216 Å². The molecule has 8 saturated carbocycles. The molecule has 4 nitrogen and oxygen atoms in total. The molecule has 1 unspecified atom stereocenters. The Kier molecular flexibility index (Phi) is 5.28. The Hall–Kier alpha value is -1.26. The molecule has 1 saturated heterocycles. The zero-order valence-electron chi connectivity index (χ0n) is 22.1. The lowest BCUT2D eigenvalue weighted by Gasteiger charge is -2.58. The maximum Gasteiger partial charge on any atom is 0.126 e. The molecular formula is C32H44O4. The summed E-state index contributed by atoms with van der Waals surface area (Å²) in [7, 11) is 1.77. The summed E-state index contributed by atoms with van der Waals surface area (Å²) in [6.45, 7) is 2.75. The van der Waals surface area contributed by atoms with Crippen molar-refractivity contribution < 1.29 is 18.9 Å². The molecule has 0 spiro atoms. The van der Waals surface area contributed by atoms with Gasteiger partial charge in [0.15, 0.2) is 0 Å². The lowest BCUT2D eigenvalue weighted by molar-refractivity contribution is -0.0101. The molecule has 36 heavy (non-hydrogen) atoms. The third-order valence-electron chi connectivity index (χ3n) is 11.7. The van der Waals surface area contributed by atoms with Crippen LogP contribution in [0.4, 0.5) is 0 Å². The fourth-order valence-corrected chi connectivity index (χ4v) is 11.1. The van der Waals surface area contributed by atoms with E-state index in [2.05, 4.69) is 12.1 Å². The molecule has 0 radical (unpaired) electrons. The highest BCUT2D eigenvalue weighted by Gasteiger charge is 2.55. The Morgan fingerprint density at radius 3 is 1.53 bits per heavy atom. The van der Waals surface area contributed by atoms with Gasteiger partial charge in [0, 0.05) is 24.3 Å². The molecule has 1 heterocycles. The van der Waals surface area contributed by atoms with Crippen molar-refractivity contribution in [3.8, 4) is 11.5 Å². The molecule has 1 aliphatic heterocycles. The Morgan fingerprint density at radius 2 is 1.11 bits per heavy atom. The zero-order chi connectivity index (χ0) is 23.9. The maximum absolute atomic E-state index is 6.64. The monoisotopic (exact) mass is 492 g/mol. The Bertz CT molecular complexity index is 939. The van der Waals surface area contributed by atoms with Crippen molar-refractivity contribution in [2.45, 2.75) is 94.0 Å². The second-order valence-corrected chi connectivity index (χ2v) is 14.3. The van der Waals surface area contributed by atoms with Crippen molar-refractivity contribution in [2.75, 3.05) is 33.5 Å². The smallest absolute Gasteiger partial charge is 0.126 e. The van der Waals surface area contributed by atoms with Gasteiger partial charge in [-0.05, 0) is 129 Å². The molecule has 4 heteroatoms. The fourth-order valence-electron chi connectivity index (χ4n) is 11.1. The SMILES string of the molecule is COCCOc1cc(OCC2CO2)c(C23CC4CC(CC(C4)C2)C3)cc1C12CC3CC(CC(C3)C1)C2. The van der Waals surface area contributed by atoms with Crippen LogP contribution in [-0.4, -0.2) is 39.6 Å². The summed E-state index contributed by atoms with van der Waals surface area (Å²) in [5.41, 5.74) is 3.72. The van der Waals surface area contributed by atoms with Crippen LogP contribution in [0.5, 0.6) is 11.5 Å². The summed E-state index contributed by atoms with van der Waals surface area (Å²) >= 11 is 0. The quantitative estimate of drug-likeness (QED) is 0.294. The highest BCUT2D eigenvalue weighted by atomic mass is 16.6. The van der Waals surface area contributed by atoms with Gasteiger partial charge in [-0.25, -0.2) is 0 Å². The van der Waals surface area contributed by atoms with E-state index in [0.717, 1.165) is 53.6 Å². The van der Waals surface area contributed by atoms with E-state index in [4.69, 9.17) is 18.9 Å². The van der Waals surface area contributed by atoms with Gasteiger partial charge in [-0.15, -0.1) is 0 Å². The van der Waals surface area contributed by atoms with Crippen LogP contribution in [0.15, 0.2) is 12.1 Å². The summed E-state index contributed by atoms with van der Waals surface area (Å²) in [6.07, 6.45) is 17.4. The molecule has 1 aromatic carbocycles. The van der Waals surface area contributed by atoms with Crippen LogP contribution in [0.1, 0.15) is 88.2 Å². The number of ether oxygens (including phenoxy) is 4. The van der Waals surface area contributed by atoms with E-state index >= 15 is 0 Å². The number of rotatable bonds is 9. The molecule has 0 amide bonds. The lowest BCUT2D eigenvalue weighted by Crippen LogP contribution is -2.50. The van der Waals surface area contributed by atoms with Crippen molar-refractivity contribution in [1.82, 2.24) is 0 Å². The van der Waals surface area contributed by atoms with Gasteiger partial charge in [0.05, 0.1) is 13.2 Å². The van der Waals surface area contributed by atoms with Crippen molar-refractivity contribution in [3.05, 3.63) is 23.3 Å². The molecule has 1 atom stereocenters. The predicted molar refractivity (Wildman–Crippen MR) is 139 cm³/mol. The zero-order valence-corrected chi connectivity index (χ0v) is 22.1. The minimum Gasteiger partial charge on any atom is -0.491 e. The van der Waals surface area contributed by atoms with E-state index in [1.807, 2.05) is 0 Å². The van der Waals surface area contributed by atoms with E-state index in [1.54, 1.807) is 18.2 Å². The van der Waals surface area contributed by atoms with E-state index in [9.17, 15) is 0 Å². The first kappa shape index (κ1) is 22.7. The average molecular weight is 493 g/mol. The van der Waals surface area contributed by atoms with Gasteiger partial charge in [-0.2, -0.15) is 0 Å². The topological polar surface area (TPSA) is 40.2 Å². The molecule has 9 aliphatic rings. The Balaban J connectivity index is 1.24.